The fourth-order valence-corrected chi connectivity index (χ4v) is 3.96. The third-order valence-electron chi connectivity index (χ3n) is 5.86. The summed E-state index contributed by atoms with van der Waals surface area (Å²) in [5.74, 6) is -0.722. The minimum absolute atomic E-state index is 0.0772. The molecule has 1 aliphatic rings. The molecule has 1 saturated heterocycles. The number of hydrogen-bond acceptors (Lipinski definition) is 4. The van der Waals surface area contributed by atoms with Crippen LogP contribution in [0.15, 0.2) is 48.7 Å². The van der Waals surface area contributed by atoms with Gasteiger partial charge in [0, 0.05) is 19.2 Å². The van der Waals surface area contributed by atoms with Crippen LogP contribution in [0.4, 0.5) is 13.2 Å². The van der Waals surface area contributed by atoms with Crippen molar-refractivity contribution >= 4 is 5.91 Å². The summed E-state index contributed by atoms with van der Waals surface area (Å²) in [6.07, 6.45) is -2.93. The fourth-order valence-electron chi connectivity index (χ4n) is 3.96. The Hall–Kier alpha value is -3.36. The number of rotatable bonds is 5. The van der Waals surface area contributed by atoms with Gasteiger partial charge in [0.25, 0.3) is 5.91 Å². The molecule has 1 amide bonds. The molecule has 0 unspecified atom stereocenters. The molecule has 0 bridgehead atoms. The Morgan fingerprint density at radius 3 is 2.48 bits per heavy atom. The van der Waals surface area contributed by atoms with Gasteiger partial charge in [0.2, 0.25) is 5.88 Å². The van der Waals surface area contributed by atoms with E-state index in [1.807, 2.05) is 49.4 Å². The van der Waals surface area contributed by atoms with Gasteiger partial charge in [0.15, 0.2) is 5.82 Å². The van der Waals surface area contributed by atoms with Crippen LogP contribution in [-0.2, 0) is 6.61 Å². The number of likely N-dealkylation sites (tertiary alicyclic amines) is 1. The van der Waals surface area contributed by atoms with Crippen LogP contribution in [0.2, 0.25) is 0 Å². The number of carbonyl (C=O) groups excluding carboxylic acids is 1. The summed E-state index contributed by atoms with van der Waals surface area (Å²) >= 11 is 0. The second-order valence-corrected chi connectivity index (χ2v) is 8.28. The molecule has 0 N–H and O–H groups in total. The molecule has 4 rings (SSSR count). The highest BCUT2D eigenvalue weighted by atomic mass is 19.4. The molecule has 0 saturated carbocycles. The summed E-state index contributed by atoms with van der Waals surface area (Å²) in [6.45, 7) is 4.18. The van der Waals surface area contributed by atoms with Gasteiger partial charge in [-0.2, -0.15) is 23.3 Å². The highest BCUT2D eigenvalue weighted by Crippen LogP contribution is 2.34. The monoisotopic (exact) mass is 458 g/mol. The van der Waals surface area contributed by atoms with Crippen molar-refractivity contribution in [3.63, 3.8) is 0 Å². The van der Waals surface area contributed by atoms with Gasteiger partial charge in [0.1, 0.15) is 6.61 Å². The Bertz CT molecular complexity index is 1120. The van der Waals surface area contributed by atoms with E-state index in [-0.39, 0.29) is 31.8 Å². The molecule has 0 aliphatic carbocycles. The number of amides is 1. The molecule has 3 heterocycles. The molecule has 2 aromatic heterocycles. The summed E-state index contributed by atoms with van der Waals surface area (Å²) in [6, 6.07) is 13.4. The van der Waals surface area contributed by atoms with Crippen molar-refractivity contribution in [2.75, 3.05) is 13.1 Å². The zero-order valence-corrected chi connectivity index (χ0v) is 18.5. The number of nitrogens with zero attached hydrogens (tertiary/aromatic N) is 4. The second-order valence-electron chi connectivity index (χ2n) is 8.28. The minimum Gasteiger partial charge on any atom is -0.473 e. The van der Waals surface area contributed by atoms with Crippen molar-refractivity contribution < 1.29 is 22.7 Å². The van der Waals surface area contributed by atoms with E-state index in [0.717, 1.165) is 11.1 Å². The lowest BCUT2D eigenvalue weighted by molar-refractivity contribution is -0.183. The van der Waals surface area contributed by atoms with E-state index in [9.17, 15) is 18.0 Å². The first kappa shape index (κ1) is 22.8. The van der Waals surface area contributed by atoms with Gasteiger partial charge in [0.05, 0.1) is 23.4 Å². The van der Waals surface area contributed by atoms with Gasteiger partial charge >= 0.3 is 6.18 Å². The largest absolute Gasteiger partial charge is 0.473 e. The maximum atomic E-state index is 13.0. The predicted molar refractivity (Wildman–Crippen MR) is 116 cm³/mol. The number of halogens is 3. The second kappa shape index (κ2) is 9.25. The van der Waals surface area contributed by atoms with Gasteiger partial charge in [-0.25, -0.2) is 4.68 Å². The molecule has 9 heteroatoms. The standard InChI is InChI=1S/C24H25F3N4O2/c1-16-12-21(29-22(13-16)33-15-18-6-4-3-5-7-18)31-17(2)20(14-28-31)23(32)30-10-8-19(9-11-30)24(25,26)27/h3-7,12-14,19H,8-11,15H2,1-2H3. The topological polar surface area (TPSA) is 60.2 Å². The smallest absolute Gasteiger partial charge is 0.391 e. The third-order valence-corrected chi connectivity index (χ3v) is 5.86. The lowest BCUT2D eigenvalue weighted by Crippen LogP contribution is -2.42. The maximum absolute atomic E-state index is 13.0. The number of carbonyl (C=O) groups is 1. The average Bonchev–Trinajstić information content (AvgIpc) is 3.18. The average molecular weight is 458 g/mol. The van der Waals surface area contributed by atoms with Crippen LogP contribution in [0.5, 0.6) is 5.88 Å². The highest BCUT2D eigenvalue weighted by Gasteiger charge is 2.42. The van der Waals surface area contributed by atoms with Gasteiger partial charge in [-0.05, 0) is 43.9 Å². The molecular formula is C24H25F3N4O2. The molecule has 0 atom stereocenters. The minimum atomic E-state index is -4.22. The Kier molecular flexibility index (Phi) is 6.40. The molecule has 174 valence electrons. The Morgan fingerprint density at radius 2 is 1.82 bits per heavy atom. The Morgan fingerprint density at radius 1 is 1.12 bits per heavy atom. The summed E-state index contributed by atoms with van der Waals surface area (Å²) < 4.78 is 46.2. The highest BCUT2D eigenvalue weighted by molar-refractivity contribution is 5.95. The number of piperidine rings is 1. The molecule has 0 radical (unpaired) electrons. The summed E-state index contributed by atoms with van der Waals surface area (Å²) in [4.78, 5) is 19.0. The van der Waals surface area contributed by atoms with Crippen molar-refractivity contribution in [2.45, 2.75) is 39.5 Å². The predicted octanol–water partition coefficient (Wildman–Crippen LogP) is 4.88. The lowest BCUT2D eigenvalue weighted by atomic mass is 9.96. The van der Waals surface area contributed by atoms with E-state index in [2.05, 4.69) is 10.1 Å². The van der Waals surface area contributed by atoms with Gasteiger partial charge in [-0.1, -0.05) is 30.3 Å². The van der Waals surface area contributed by atoms with E-state index < -0.39 is 12.1 Å². The van der Waals surface area contributed by atoms with E-state index in [0.29, 0.717) is 29.6 Å². The number of pyridine rings is 1. The van der Waals surface area contributed by atoms with Gasteiger partial charge < -0.3 is 9.64 Å². The van der Waals surface area contributed by atoms with Crippen molar-refractivity contribution in [2.24, 2.45) is 5.92 Å². The SMILES string of the molecule is Cc1cc(OCc2ccccc2)nc(-n2ncc(C(=O)N3CCC(C(F)(F)F)CC3)c2C)c1. The van der Waals surface area contributed by atoms with Crippen LogP contribution in [0.1, 0.15) is 40.0 Å². The fraction of sp³-hybridized carbons (Fsp3) is 0.375. The molecule has 0 spiro atoms. The Balaban J connectivity index is 1.49. The van der Waals surface area contributed by atoms with Crippen molar-refractivity contribution in [3.8, 4) is 11.7 Å². The van der Waals surface area contributed by atoms with Crippen LogP contribution < -0.4 is 4.74 Å². The quantitative estimate of drug-likeness (QED) is 0.547. The molecule has 1 fully saturated rings. The first-order valence-corrected chi connectivity index (χ1v) is 10.8. The molecule has 3 aromatic rings. The summed E-state index contributed by atoms with van der Waals surface area (Å²) in [5.41, 5.74) is 2.86. The van der Waals surface area contributed by atoms with Crippen LogP contribution in [0.25, 0.3) is 5.82 Å². The van der Waals surface area contributed by atoms with Crippen molar-refractivity contribution in [1.29, 1.82) is 0 Å². The van der Waals surface area contributed by atoms with E-state index in [1.165, 1.54) is 11.1 Å². The number of ether oxygens (including phenoxy) is 1. The zero-order chi connectivity index (χ0) is 23.6. The van der Waals surface area contributed by atoms with Crippen LogP contribution >= 0.6 is 0 Å². The normalized spacial score (nSPS) is 15.0. The number of hydrogen-bond donors (Lipinski definition) is 0. The number of alkyl halides is 3. The molecular weight excluding hydrogens is 433 g/mol. The number of benzene rings is 1. The molecule has 33 heavy (non-hydrogen) atoms. The molecule has 1 aliphatic heterocycles. The molecule has 6 nitrogen and oxygen atoms in total. The van der Waals surface area contributed by atoms with Crippen LogP contribution in [0, 0.1) is 19.8 Å². The van der Waals surface area contributed by atoms with Crippen LogP contribution in [-0.4, -0.2) is 44.8 Å². The summed E-state index contributed by atoms with van der Waals surface area (Å²) in [7, 11) is 0. The first-order chi connectivity index (χ1) is 15.7. The maximum Gasteiger partial charge on any atom is 0.391 e. The lowest BCUT2D eigenvalue weighted by Gasteiger charge is -2.32. The van der Waals surface area contributed by atoms with Gasteiger partial charge in [-0.3, -0.25) is 4.79 Å². The third kappa shape index (κ3) is 5.18. The number of aryl methyl sites for hydroxylation is 1. The van der Waals surface area contributed by atoms with E-state index >= 15 is 0 Å². The Labute approximate surface area is 190 Å². The van der Waals surface area contributed by atoms with Crippen molar-refractivity contribution in [1.82, 2.24) is 19.7 Å². The summed E-state index contributed by atoms with van der Waals surface area (Å²) in [5, 5.41) is 4.33. The van der Waals surface area contributed by atoms with Crippen molar-refractivity contribution in [3.05, 3.63) is 71.0 Å². The number of aromatic nitrogens is 3. The zero-order valence-electron chi connectivity index (χ0n) is 18.5. The van der Waals surface area contributed by atoms with E-state index in [1.54, 1.807) is 11.6 Å². The van der Waals surface area contributed by atoms with Crippen LogP contribution in [0.3, 0.4) is 0 Å². The molecule has 1 aromatic carbocycles. The van der Waals surface area contributed by atoms with E-state index in [4.69, 9.17) is 4.74 Å². The first-order valence-electron chi connectivity index (χ1n) is 10.8. The van der Waals surface area contributed by atoms with Gasteiger partial charge in [-0.15, -0.1) is 0 Å².